The van der Waals surface area contributed by atoms with E-state index in [4.69, 9.17) is 9.47 Å². The van der Waals surface area contributed by atoms with Gasteiger partial charge in [-0.15, -0.1) is 0 Å². The fourth-order valence-electron chi connectivity index (χ4n) is 5.89. The fourth-order valence-corrected chi connectivity index (χ4v) is 5.89. The van der Waals surface area contributed by atoms with Crippen molar-refractivity contribution in [3.8, 4) is 11.5 Å². The van der Waals surface area contributed by atoms with Crippen LogP contribution >= 0.6 is 0 Å². The van der Waals surface area contributed by atoms with Gasteiger partial charge in [0.2, 0.25) is 0 Å². The average Bonchev–Trinajstić information content (AvgIpc) is 2.61. The lowest BCUT2D eigenvalue weighted by atomic mass is 9.46. The number of carbonyl (C=O) groups is 1. The molecule has 2 fully saturated rings. The van der Waals surface area contributed by atoms with Crippen LogP contribution in [0.25, 0.3) is 0 Å². The lowest BCUT2D eigenvalue weighted by Gasteiger charge is -2.65. The van der Waals surface area contributed by atoms with Gasteiger partial charge in [-0.05, 0) is 44.5 Å². The average molecular weight is 345 g/mol. The van der Waals surface area contributed by atoms with Crippen molar-refractivity contribution in [3.05, 3.63) is 23.3 Å². The Bertz CT molecular complexity index is 733. The molecule has 1 saturated carbocycles. The van der Waals surface area contributed by atoms with Crippen molar-refractivity contribution in [2.24, 2.45) is 5.92 Å². The Labute approximate surface area is 148 Å². The molecule has 1 aromatic carbocycles. The van der Waals surface area contributed by atoms with Crippen LogP contribution < -0.4 is 9.47 Å². The summed E-state index contributed by atoms with van der Waals surface area (Å²) in [6, 6.07) is 4.04. The lowest BCUT2D eigenvalue weighted by Crippen LogP contribution is -2.75. The van der Waals surface area contributed by atoms with E-state index < -0.39 is 11.0 Å². The van der Waals surface area contributed by atoms with E-state index >= 15 is 0 Å². The Morgan fingerprint density at radius 3 is 2.68 bits per heavy atom. The molecule has 0 aromatic heterocycles. The van der Waals surface area contributed by atoms with E-state index in [0.717, 1.165) is 24.9 Å². The summed E-state index contributed by atoms with van der Waals surface area (Å²) in [6.07, 6.45) is 2.49. The van der Waals surface area contributed by atoms with Crippen LogP contribution in [0.15, 0.2) is 12.1 Å². The predicted octanol–water partition coefficient (Wildman–Crippen LogP) is 1.93. The van der Waals surface area contributed by atoms with Crippen LogP contribution in [0, 0.1) is 5.92 Å². The van der Waals surface area contributed by atoms with Gasteiger partial charge in [0.25, 0.3) is 0 Å². The molecule has 1 aromatic rings. The molecule has 2 aliphatic carbocycles. The van der Waals surface area contributed by atoms with E-state index in [9.17, 15) is 9.90 Å². The monoisotopic (exact) mass is 345 g/mol. The Morgan fingerprint density at radius 1 is 1.24 bits per heavy atom. The first-order chi connectivity index (χ1) is 11.9. The number of hydrogen-bond donors (Lipinski definition) is 1. The number of hydrogen-bond acceptors (Lipinski definition) is 5. The maximum absolute atomic E-state index is 12.7. The standard InChI is InChI=1S/C20H27NO4/c1-12-14(22)7-8-20(23)16-11-13-5-6-15(24-3)18(25-4)17(13)19(12,20)9-10-21(16)2/h5-6,12,16,23H,7-11H2,1-4H3/t12?,16-,19-,20-/m1/s1. The van der Waals surface area contributed by atoms with Gasteiger partial charge in [-0.2, -0.15) is 0 Å². The third kappa shape index (κ3) is 1.88. The number of piperidine rings is 1. The fraction of sp³-hybridized carbons (Fsp3) is 0.650. The van der Waals surface area contributed by atoms with Crippen molar-refractivity contribution in [2.45, 2.75) is 49.7 Å². The Balaban J connectivity index is 2.06. The van der Waals surface area contributed by atoms with Gasteiger partial charge in [-0.3, -0.25) is 4.79 Å². The minimum absolute atomic E-state index is 0.0300. The second-order valence-corrected chi connectivity index (χ2v) is 7.87. The number of benzene rings is 1. The zero-order valence-electron chi connectivity index (χ0n) is 15.5. The highest BCUT2D eigenvalue weighted by molar-refractivity contribution is 5.85. The molecule has 1 saturated heterocycles. The number of ketones is 1. The number of methoxy groups -OCH3 is 2. The lowest BCUT2D eigenvalue weighted by molar-refractivity contribution is -0.183. The molecular formula is C20H27NO4. The van der Waals surface area contributed by atoms with Crippen molar-refractivity contribution in [2.75, 3.05) is 27.8 Å². The van der Waals surface area contributed by atoms with Gasteiger partial charge >= 0.3 is 0 Å². The Hall–Kier alpha value is -1.59. The van der Waals surface area contributed by atoms with E-state index in [1.54, 1.807) is 14.2 Å². The molecule has 0 radical (unpaired) electrons. The van der Waals surface area contributed by atoms with Crippen LogP contribution in [-0.2, 0) is 16.6 Å². The number of likely N-dealkylation sites (tertiary alicyclic amines) is 1. The highest BCUT2D eigenvalue weighted by Gasteiger charge is 2.68. The van der Waals surface area contributed by atoms with Crippen LogP contribution in [0.2, 0.25) is 0 Å². The molecule has 5 heteroatoms. The quantitative estimate of drug-likeness (QED) is 0.888. The zero-order chi connectivity index (χ0) is 18.0. The van der Waals surface area contributed by atoms with Gasteiger partial charge in [-0.1, -0.05) is 13.0 Å². The van der Waals surface area contributed by atoms with E-state index in [-0.39, 0.29) is 17.7 Å². The second kappa shape index (κ2) is 5.45. The topological polar surface area (TPSA) is 59.0 Å². The summed E-state index contributed by atoms with van der Waals surface area (Å²) in [5.41, 5.74) is 0.648. The largest absolute Gasteiger partial charge is 0.493 e. The van der Waals surface area contributed by atoms with Crippen molar-refractivity contribution >= 4 is 5.78 Å². The Morgan fingerprint density at radius 2 is 2.00 bits per heavy atom. The van der Waals surface area contributed by atoms with Gasteiger partial charge in [-0.25, -0.2) is 0 Å². The van der Waals surface area contributed by atoms with E-state index in [0.29, 0.717) is 24.3 Å². The molecule has 2 bridgehead atoms. The number of aliphatic hydroxyl groups is 1. The van der Waals surface area contributed by atoms with Gasteiger partial charge in [0, 0.05) is 29.4 Å². The second-order valence-electron chi connectivity index (χ2n) is 7.87. The smallest absolute Gasteiger partial charge is 0.164 e. The van der Waals surface area contributed by atoms with E-state index in [1.165, 1.54) is 5.56 Å². The molecular weight excluding hydrogens is 318 g/mol. The summed E-state index contributed by atoms with van der Waals surface area (Å²) in [4.78, 5) is 15.0. The van der Waals surface area contributed by atoms with Crippen molar-refractivity contribution in [1.29, 1.82) is 0 Å². The molecule has 1 N–H and O–H groups in total. The summed E-state index contributed by atoms with van der Waals surface area (Å²) in [7, 11) is 5.35. The van der Waals surface area contributed by atoms with Crippen molar-refractivity contribution in [1.82, 2.24) is 4.90 Å². The zero-order valence-corrected chi connectivity index (χ0v) is 15.5. The number of likely N-dealkylation sites (N-methyl/N-ethyl adjacent to an activating group) is 1. The molecule has 1 aliphatic heterocycles. The maximum Gasteiger partial charge on any atom is 0.164 e. The molecule has 0 amide bonds. The number of fused-ring (bicyclic) bond motifs is 1. The molecule has 136 valence electrons. The normalized spacial score (nSPS) is 37.2. The maximum atomic E-state index is 12.7. The number of Topliss-reactive ketones (excluding diaryl/α,β-unsaturated/α-hetero) is 1. The number of rotatable bonds is 2. The molecule has 4 atom stereocenters. The molecule has 1 heterocycles. The van der Waals surface area contributed by atoms with Crippen LogP contribution in [0.3, 0.4) is 0 Å². The van der Waals surface area contributed by atoms with Crippen LogP contribution in [0.5, 0.6) is 11.5 Å². The first-order valence-corrected chi connectivity index (χ1v) is 9.10. The molecule has 0 spiro atoms. The molecule has 25 heavy (non-hydrogen) atoms. The summed E-state index contributed by atoms with van der Waals surface area (Å²) in [5.74, 6) is 1.36. The third-order valence-electron chi connectivity index (χ3n) is 7.18. The summed E-state index contributed by atoms with van der Waals surface area (Å²) >= 11 is 0. The summed E-state index contributed by atoms with van der Waals surface area (Å²) in [6.45, 7) is 2.85. The van der Waals surface area contributed by atoms with Gasteiger partial charge in [0.15, 0.2) is 11.5 Å². The minimum atomic E-state index is -0.917. The Kier molecular flexibility index (Phi) is 3.68. The van der Waals surface area contributed by atoms with Crippen LogP contribution in [0.1, 0.15) is 37.3 Å². The number of ether oxygens (including phenoxy) is 2. The van der Waals surface area contributed by atoms with Gasteiger partial charge in [0.05, 0.1) is 19.8 Å². The van der Waals surface area contributed by atoms with Gasteiger partial charge < -0.3 is 19.5 Å². The summed E-state index contributed by atoms with van der Waals surface area (Å²) in [5, 5.41) is 12.0. The number of carbonyl (C=O) groups excluding carboxylic acids is 1. The van der Waals surface area contributed by atoms with Crippen LogP contribution in [0.4, 0.5) is 0 Å². The summed E-state index contributed by atoms with van der Waals surface area (Å²) < 4.78 is 11.3. The number of nitrogens with zero attached hydrogens (tertiary/aromatic N) is 1. The third-order valence-corrected chi connectivity index (χ3v) is 7.18. The van der Waals surface area contributed by atoms with E-state index in [1.807, 2.05) is 13.0 Å². The minimum Gasteiger partial charge on any atom is -0.493 e. The highest BCUT2D eigenvalue weighted by Crippen LogP contribution is 2.62. The van der Waals surface area contributed by atoms with Crippen molar-refractivity contribution in [3.63, 3.8) is 0 Å². The molecule has 5 nitrogen and oxygen atoms in total. The first-order valence-electron chi connectivity index (χ1n) is 9.10. The molecule has 4 rings (SSSR count). The van der Waals surface area contributed by atoms with Gasteiger partial charge in [0.1, 0.15) is 5.78 Å². The predicted molar refractivity (Wildman–Crippen MR) is 94.3 cm³/mol. The van der Waals surface area contributed by atoms with Crippen LogP contribution in [-0.4, -0.2) is 55.2 Å². The first kappa shape index (κ1) is 16.9. The SMILES string of the molecule is COc1ccc2c(c1OC)[C@]13CCN(C)[C@H](C2)[C@]1(O)CCC(=O)C3C. The highest BCUT2D eigenvalue weighted by atomic mass is 16.5. The van der Waals surface area contributed by atoms with Crippen molar-refractivity contribution < 1.29 is 19.4 Å². The molecule has 1 unspecified atom stereocenters. The molecule has 3 aliphatic rings. The van der Waals surface area contributed by atoms with E-state index in [2.05, 4.69) is 18.0 Å².